The van der Waals surface area contributed by atoms with Gasteiger partial charge in [0.1, 0.15) is 5.45 Å². The van der Waals surface area contributed by atoms with E-state index in [1.165, 1.54) is 94.7 Å². The SMILES string of the molecule is CCCCCC[N+](CBr)(CCCCC)CCCCCC.[Cl-]. The van der Waals surface area contributed by atoms with Crippen LogP contribution in [0, 0.1) is 0 Å². The minimum Gasteiger partial charge on any atom is -1.00 e. The number of nitrogens with zero attached hydrogens (tertiary/aromatic N) is 1. The molecule has 130 valence electrons. The molecule has 0 aromatic heterocycles. The molecular formula is C18H39BrClN. The Hall–Kier alpha value is 0.730. The van der Waals surface area contributed by atoms with E-state index in [0.29, 0.717) is 0 Å². The molecule has 0 heterocycles. The van der Waals surface area contributed by atoms with Gasteiger partial charge in [-0.05, 0) is 54.5 Å². The molecule has 0 rings (SSSR count). The topological polar surface area (TPSA) is 0 Å². The molecule has 0 spiro atoms. The number of hydrogen-bond acceptors (Lipinski definition) is 0. The summed E-state index contributed by atoms with van der Waals surface area (Å²) in [5.41, 5.74) is 1.16. The van der Waals surface area contributed by atoms with Crippen molar-refractivity contribution in [2.24, 2.45) is 0 Å². The van der Waals surface area contributed by atoms with E-state index in [4.69, 9.17) is 0 Å². The summed E-state index contributed by atoms with van der Waals surface area (Å²) >= 11 is 3.84. The number of halogens is 2. The molecule has 0 amide bonds. The van der Waals surface area contributed by atoms with Crippen LogP contribution in [0.2, 0.25) is 0 Å². The molecule has 0 saturated carbocycles. The first-order valence-corrected chi connectivity index (χ1v) is 10.3. The summed E-state index contributed by atoms with van der Waals surface area (Å²) in [5.74, 6) is 0. The van der Waals surface area contributed by atoms with E-state index in [1.807, 2.05) is 0 Å². The van der Waals surface area contributed by atoms with Gasteiger partial charge < -0.3 is 16.9 Å². The van der Waals surface area contributed by atoms with Gasteiger partial charge in [-0.3, -0.25) is 0 Å². The zero-order chi connectivity index (χ0) is 15.1. The Kier molecular flexibility index (Phi) is 19.5. The zero-order valence-corrected chi connectivity index (χ0v) is 17.2. The standard InChI is InChI=1S/C18H39BrN.ClH/c1-4-7-10-13-16-20(18-19,15-12-9-6-3)17-14-11-8-5-2;/h4-18H2,1-3H3;1H/q+1;/p-1. The zero-order valence-electron chi connectivity index (χ0n) is 14.8. The summed E-state index contributed by atoms with van der Waals surface area (Å²) in [7, 11) is 0. The van der Waals surface area contributed by atoms with Crippen molar-refractivity contribution >= 4 is 15.9 Å². The Balaban J connectivity index is 0. The van der Waals surface area contributed by atoms with Crippen LogP contribution in [0.1, 0.15) is 91.4 Å². The molecular weight excluding hydrogens is 346 g/mol. The van der Waals surface area contributed by atoms with Gasteiger partial charge in [-0.25, -0.2) is 0 Å². The van der Waals surface area contributed by atoms with Crippen molar-refractivity contribution in [3.8, 4) is 0 Å². The van der Waals surface area contributed by atoms with Crippen molar-refractivity contribution in [2.45, 2.75) is 91.4 Å². The Morgan fingerprint density at radius 2 is 0.905 bits per heavy atom. The second-order valence-corrected chi connectivity index (χ2v) is 6.96. The normalized spacial score (nSPS) is 11.4. The summed E-state index contributed by atoms with van der Waals surface area (Å²) in [5, 5.41) is 0. The van der Waals surface area contributed by atoms with Crippen molar-refractivity contribution < 1.29 is 16.9 Å². The average Bonchev–Trinajstić information content (AvgIpc) is 2.47. The predicted octanol–water partition coefficient (Wildman–Crippen LogP) is 3.51. The molecule has 3 heteroatoms. The molecule has 0 aromatic carbocycles. The fourth-order valence-electron chi connectivity index (χ4n) is 2.96. The molecule has 0 atom stereocenters. The first kappa shape index (κ1) is 24.0. The third-order valence-corrected chi connectivity index (χ3v) is 5.53. The Bertz CT molecular complexity index is 188. The highest BCUT2D eigenvalue weighted by atomic mass is 79.9. The van der Waals surface area contributed by atoms with Gasteiger partial charge in [0.15, 0.2) is 0 Å². The van der Waals surface area contributed by atoms with Crippen LogP contribution < -0.4 is 12.4 Å². The Labute approximate surface area is 149 Å². The number of rotatable bonds is 15. The van der Waals surface area contributed by atoms with Crippen molar-refractivity contribution in [1.29, 1.82) is 0 Å². The molecule has 0 N–H and O–H groups in total. The van der Waals surface area contributed by atoms with Crippen LogP contribution in [-0.4, -0.2) is 29.6 Å². The molecule has 0 aliphatic carbocycles. The molecule has 0 aliphatic rings. The summed E-state index contributed by atoms with van der Waals surface area (Å²) < 4.78 is 1.33. The Morgan fingerprint density at radius 1 is 0.571 bits per heavy atom. The lowest BCUT2D eigenvalue weighted by Crippen LogP contribution is -3.00. The van der Waals surface area contributed by atoms with Crippen molar-refractivity contribution in [3.05, 3.63) is 0 Å². The average molecular weight is 385 g/mol. The molecule has 1 nitrogen and oxygen atoms in total. The summed E-state index contributed by atoms with van der Waals surface area (Å²) in [6.45, 7) is 11.1. The van der Waals surface area contributed by atoms with Crippen LogP contribution in [0.15, 0.2) is 0 Å². The number of hydrogen-bond donors (Lipinski definition) is 0. The third kappa shape index (κ3) is 12.9. The van der Waals surface area contributed by atoms with Gasteiger partial charge in [-0.1, -0.05) is 52.9 Å². The highest BCUT2D eigenvalue weighted by Gasteiger charge is 2.24. The molecule has 21 heavy (non-hydrogen) atoms. The van der Waals surface area contributed by atoms with Crippen LogP contribution >= 0.6 is 15.9 Å². The van der Waals surface area contributed by atoms with Gasteiger partial charge in [0.2, 0.25) is 0 Å². The van der Waals surface area contributed by atoms with E-state index in [2.05, 4.69) is 36.7 Å². The molecule has 0 fully saturated rings. The van der Waals surface area contributed by atoms with Crippen LogP contribution in [0.3, 0.4) is 0 Å². The highest BCUT2D eigenvalue weighted by Crippen LogP contribution is 2.18. The second kappa shape index (κ2) is 17.1. The molecule has 0 bridgehead atoms. The third-order valence-electron chi connectivity index (χ3n) is 4.46. The number of quaternary nitrogens is 1. The van der Waals surface area contributed by atoms with Crippen LogP contribution in [-0.2, 0) is 0 Å². The van der Waals surface area contributed by atoms with Gasteiger partial charge in [-0.15, -0.1) is 0 Å². The maximum atomic E-state index is 3.84. The van der Waals surface area contributed by atoms with E-state index in [0.717, 1.165) is 5.45 Å². The maximum Gasteiger partial charge on any atom is 0.134 e. The van der Waals surface area contributed by atoms with Gasteiger partial charge in [0.25, 0.3) is 0 Å². The first-order valence-electron chi connectivity index (χ1n) is 9.15. The van der Waals surface area contributed by atoms with Gasteiger partial charge in [0.05, 0.1) is 19.6 Å². The lowest BCUT2D eigenvalue weighted by molar-refractivity contribution is -0.916. The van der Waals surface area contributed by atoms with E-state index in [9.17, 15) is 0 Å². The van der Waals surface area contributed by atoms with Crippen LogP contribution in [0.5, 0.6) is 0 Å². The molecule has 0 aliphatic heterocycles. The second-order valence-electron chi connectivity index (χ2n) is 6.46. The van der Waals surface area contributed by atoms with Crippen molar-refractivity contribution in [3.63, 3.8) is 0 Å². The Morgan fingerprint density at radius 3 is 1.24 bits per heavy atom. The highest BCUT2D eigenvalue weighted by molar-refractivity contribution is 9.09. The quantitative estimate of drug-likeness (QED) is 0.175. The minimum atomic E-state index is 0. The van der Waals surface area contributed by atoms with E-state index < -0.39 is 0 Å². The monoisotopic (exact) mass is 383 g/mol. The maximum absolute atomic E-state index is 3.84. The fourth-order valence-corrected chi connectivity index (χ4v) is 3.71. The predicted molar refractivity (Wildman–Crippen MR) is 96.5 cm³/mol. The molecule has 0 aromatic rings. The largest absolute Gasteiger partial charge is 1.00 e. The lowest BCUT2D eigenvalue weighted by atomic mass is 10.1. The first-order chi connectivity index (χ1) is 9.74. The molecule has 0 radical (unpaired) electrons. The molecule has 0 saturated heterocycles. The van der Waals surface area contributed by atoms with Gasteiger partial charge >= 0.3 is 0 Å². The fraction of sp³-hybridized carbons (Fsp3) is 1.00. The van der Waals surface area contributed by atoms with E-state index in [-0.39, 0.29) is 12.4 Å². The van der Waals surface area contributed by atoms with E-state index >= 15 is 0 Å². The minimum absolute atomic E-state index is 0. The van der Waals surface area contributed by atoms with Gasteiger partial charge in [0, 0.05) is 0 Å². The lowest BCUT2D eigenvalue weighted by Gasteiger charge is -2.37. The van der Waals surface area contributed by atoms with Crippen molar-refractivity contribution in [2.75, 3.05) is 25.1 Å². The van der Waals surface area contributed by atoms with Crippen LogP contribution in [0.4, 0.5) is 0 Å². The van der Waals surface area contributed by atoms with Crippen LogP contribution in [0.25, 0.3) is 0 Å². The summed E-state index contributed by atoms with van der Waals surface area (Å²) in [6, 6.07) is 0. The summed E-state index contributed by atoms with van der Waals surface area (Å²) in [6.07, 6.45) is 15.3. The van der Waals surface area contributed by atoms with E-state index in [1.54, 1.807) is 0 Å². The summed E-state index contributed by atoms with van der Waals surface area (Å²) in [4.78, 5) is 0. The smallest absolute Gasteiger partial charge is 0.134 e. The van der Waals surface area contributed by atoms with Crippen molar-refractivity contribution in [1.82, 2.24) is 0 Å². The van der Waals surface area contributed by atoms with Gasteiger partial charge in [-0.2, -0.15) is 0 Å². The molecule has 0 unspecified atom stereocenters. The number of unbranched alkanes of at least 4 members (excludes halogenated alkanes) is 8. The number of alkyl halides is 1.